The van der Waals surface area contributed by atoms with Crippen molar-refractivity contribution < 1.29 is 9.72 Å². The van der Waals surface area contributed by atoms with E-state index < -0.39 is 4.92 Å². The molecule has 0 aliphatic carbocycles. The van der Waals surface area contributed by atoms with Gasteiger partial charge in [0.05, 0.1) is 4.92 Å². The van der Waals surface area contributed by atoms with Gasteiger partial charge in [-0.1, -0.05) is 6.92 Å². The van der Waals surface area contributed by atoms with Gasteiger partial charge in [-0.3, -0.25) is 14.9 Å². The largest absolute Gasteiger partial charge is 0.333 e. The summed E-state index contributed by atoms with van der Waals surface area (Å²) in [6.07, 6.45) is 1.87. The van der Waals surface area contributed by atoms with Crippen LogP contribution in [-0.2, 0) is 0 Å². The number of aromatic nitrogens is 1. The number of nitrogens with zero attached hydrogens (tertiary/aromatic N) is 3. The molecule has 0 bridgehead atoms. The zero-order valence-corrected chi connectivity index (χ0v) is 16.0. The number of thiazole rings is 1. The molecular weight excluding hydrogens is 376 g/mol. The van der Waals surface area contributed by atoms with E-state index in [0.717, 1.165) is 38.0 Å². The molecule has 2 aromatic rings. The van der Waals surface area contributed by atoms with Crippen LogP contribution in [0.25, 0.3) is 10.6 Å². The lowest BCUT2D eigenvalue weighted by Crippen LogP contribution is -2.42. The summed E-state index contributed by atoms with van der Waals surface area (Å²) in [5, 5.41) is 16.5. The van der Waals surface area contributed by atoms with Crippen LogP contribution in [0, 0.1) is 10.1 Å². The highest BCUT2D eigenvalue weighted by Crippen LogP contribution is 2.26. The van der Waals surface area contributed by atoms with Gasteiger partial charge in [0.1, 0.15) is 10.7 Å². The molecule has 1 N–H and O–H groups in total. The van der Waals surface area contributed by atoms with Crippen molar-refractivity contribution in [1.29, 1.82) is 0 Å². The van der Waals surface area contributed by atoms with E-state index in [1.54, 1.807) is 17.5 Å². The summed E-state index contributed by atoms with van der Waals surface area (Å²) in [6, 6.07) is 6.45. The molecule has 1 aliphatic heterocycles. The van der Waals surface area contributed by atoms with Crippen molar-refractivity contribution in [2.24, 2.45) is 0 Å². The van der Waals surface area contributed by atoms with Gasteiger partial charge in [-0.05, 0) is 31.5 Å². The minimum absolute atomic E-state index is 0. The molecule has 1 aliphatic rings. The van der Waals surface area contributed by atoms with Gasteiger partial charge in [0.25, 0.3) is 11.6 Å². The lowest BCUT2D eigenvalue weighted by Gasteiger charge is -2.27. The number of amides is 1. The first-order valence-electron chi connectivity index (χ1n) is 8.32. The first-order chi connectivity index (χ1) is 12.1. The number of hydrogen-bond acceptors (Lipinski definition) is 6. The van der Waals surface area contributed by atoms with E-state index in [-0.39, 0.29) is 30.0 Å². The predicted octanol–water partition coefficient (Wildman–Crippen LogP) is 3.35. The number of nitrogens with one attached hydrogen (secondary N) is 1. The molecule has 140 valence electrons. The Bertz CT molecular complexity index is 760. The second-order valence-electron chi connectivity index (χ2n) is 5.99. The minimum atomic E-state index is -0.432. The number of nitro benzene ring substituents is 1. The summed E-state index contributed by atoms with van der Waals surface area (Å²) in [6.45, 7) is 4.54. The summed E-state index contributed by atoms with van der Waals surface area (Å²) in [5.74, 6) is -0.0417. The summed E-state index contributed by atoms with van der Waals surface area (Å²) in [5.41, 5.74) is 1.26. The average molecular weight is 397 g/mol. The van der Waals surface area contributed by atoms with Crippen LogP contribution < -0.4 is 5.32 Å². The van der Waals surface area contributed by atoms with Crippen molar-refractivity contribution in [2.75, 3.05) is 19.6 Å². The fourth-order valence-electron chi connectivity index (χ4n) is 2.97. The molecule has 2 heterocycles. The van der Waals surface area contributed by atoms with E-state index in [1.807, 2.05) is 4.90 Å². The van der Waals surface area contributed by atoms with E-state index in [2.05, 4.69) is 17.2 Å². The number of rotatable bonds is 6. The Kier molecular flexibility index (Phi) is 7.07. The number of benzene rings is 1. The van der Waals surface area contributed by atoms with Crippen molar-refractivity contribution >= 4 is 35.3 Å². The molecule has 0 spiro atoms. The van der Waals surface area contributed by atoms with Gasteiger partial charge in [-0.25, -0.2) is 4.98 Å². The van der Waals surface area contributed by atoms with Crippen LogP contribution in [0.1, 0.15) is 30.3 Å². The first-order valence-corrected chi connectivity index (χ1v) is 9.20. The summed E-state index contributed by atoms with van der Waals surface area (Å²) in [4.78, 5) is 29.6. The van der Waals surface area contributed by atoms with Crippen molar-refractivity contribution in [3.8, 4) is 10.6 Å². The van der Waals surface area contributed by atoms with Gasteiger partial charge in [0.15, 0.2) is 0 Å². The summed E-state index contributed by atoms with van der Waals surface area (Å²) in [7, 11) is 0. The Labute approximate surface area is 162 Å². The molecule has 1 aromatic carbocycles. The van der Waals surface area contributed by atoms with Crippen molar-refractivity contribution in [2.45, 2.75) is 25.8 Å². The van der Waals surface area contributed by atoms with Crippen LogP contribution in [0.2, 0.25) is 0 Å². The highest BCUT2D eigenvalue weighted by molar-refractivity contribution is 7.13. The maximum atomic E-state index is 12.9. The zero-order chi connectivity index (χ0) is 17.8. The van der Waals surface area contributed by atoms with Gasteiger partial charge >= 0.3 is 0 Å². The molecule has 1 fully saturated rings. The molecule has 1 aromatic heterocycles. The fraction of sp³-hybridized carbons (Fsp3) is 0.412. The monoisotopic (exact) mass is 396 g/mol. The third kappa shape index (κ3) is 4.38. The number of carbonyl (C=O) groups excluding carboxylic acids is 1. The molecule has 9 heteroatoms. The average Bonchev–Trinajstić information content (AvgIpc) is 3.31. The zero-order valence-electron chi connectivity index (χ0n) is 14.4. The first kappa shape index (κ1) is 20.3. The second kappa shape index (κ2) is 9.07. The summed E-state index contributed by atoms with van der Waals surface area (Å²) >= 11 is 1.38. The van der Waals surface area contributed by atoms with Crippen molar-refractivity contribution in [3.63, 3.8) is 0 Å². The van der Waals surface area contributed by atoms with Crippen molar-refractivity contribution in [3.05, 3.63) is 45.5 Å². The molecule has 1 atom stereocenters. The topological polar surface area (TPSA) is 88.4 Å². The van der Waals surface area contributed by atoms with Crippen LogP contribution in [-0.4, -0.2) is 46.4 Å². The Balaban J connectivity index is 0.00000243. The van der Waals surface area contributed by atoms with Gasteiger partial charge in [-0.2, -0.15) is 0 Å². The Morgan fingerprint density at radius 3 is 2.73 bits per heavy atom. The lowest BCUT2D eigenvalue weighted by molar-refractivity contribution is -0.384. The Morgan fingerprint density at radius 2 is 2.15 bits per heavy atom. The fourth-order valence-corrected chi connectivity index (χ4v) is 3.77. The minimum Gasteiger partial charge on any atom is -0.333 e. The normalized spacial score (nSPS) is 16.1. The summed E-state index contributed by atoms with van der Waals surface area (Å²) < 4.78 is 0. The molecule has 1 saturated heterocycles. The quantitative estimate of drug-likeness (QED) is 0.597. The lowest BCUT2D eigenvalue weighted by atomic mass is 10.2. The highest BCUT2D eigenvalue weighted by Gasteiger charge is 2.28. The van der Waals surface area contributed by atoms with Crippen LogP contribution in [0.15, 0.2) is 29.6 Å². The van der Waals surface area contributed by atoms with Gasteiger partial charge in [0, 0.05) is 42.2 Å². The van der Waals surface area contributed by atoms with Crippen molar-refractivity contribution in [1.82, 2.24) is 15.2 Å². The molecule has 1 amide bonds. The van der Waals surface area contributed by atoms with E-state index in [1.165, 1.54) is 23.5 Å². The molecule has 0 saturated carbocycles. The maximum Gasteiger partial charge on any atom is 0.273 e. The molecule has 0 radical (unpaired) electrons. The van der Waals surface area contributed by atoms with Gasteiger partial charge in [0.2, 0.25) is 0 Å². The van der Waals surface area contributed by atoms with Crippen LogP contribution in [0.4, 0.5) is 5.69 Å². The SMILES string of the molecule is CCCN(C(=O)c1csc(-c2ccc([N+](=O)[O-])cc2)n1)C1CCNC1.Cl. The van der Waals surface area contributed by atoms with E-state index in [4.69, 9.17) is 0 Å². The number of hydrogen-bond donors (Lipinski definition) is 1. The smallest absolute Gasteiger partial charge is 0.273 e. The van der Waals surface area contributed by atoms with Crippen LogP contribution in [0.5, 0.6) is 0 Å². The Morgan fingerprint density at radius 1 is 1.42 bits per heavy atom. The maximum absolute atomic E-state index is 12.9. The molecule has 1 unspecified atom stereocenters. The molecular formula is C17H21ClN4O3S. The van der Waals surface area contributed by atoms with Gasteiger partial charge in [-0.15, -0.1) is 23.7 Å². The number of carbonyl (C=O) groups is 1. The number of non-ortho nitro benzene ring substituents is 1. The van der Waals surface area contributed by atoms with Crippen LogP contribution in [0.3, 0.4) is 0 Å². The number of halogens is 1. The second-order valence-corrected chi connectivity index (χ2v) is 6.85. The molecule has 7 nitrogen and oxygen atoms in total. The van der Waals surface area contributed by atoms with Crippen LogP contribution >= 0.6 is 23.7 Å². The third-order valence-electron chi connectivity index (χ3n) is 4.25. The molecule has 3 rings (SSSR count). The third-order valence-corrected chi connectivity index (χ3v) is 5.14. The van der Waals surface area contributed by atoms with E-state index in [9.17, 15) is 14.9 Å². The standard InChI is InChI=1S/C17H20N4O3S.ClH/c1-2-9-20(14-7-8-18-10-14)17(22)15-11-25-16(19-15)12-3-5-13(6-4-12)21(23)24;/h3-6,11,14,18H,2,7-10H2,1H3;1H. The molecule has 26 heavy (non-hydrogen) atoms. The van der Waals surface area contributed by atoms with Gasteiger partial charge < -0.3 is 10.2 Å². The highest BCUT2D eigenvalue weighted by atomic mass is 35.5. The number of nitro groups is 1. The Hall–Kier alpha value is -2.03. The predicted molar refractivity (Wildman–Crippen MR) is 104 cm³/mol. The van der Waals surface area contributed by atoms with E-state index >= 15 is 0 Å². The van der Waals surface area contributed by atoms with E-state index in [0.29, 0.717) is 10.7 Å².